The predicted octanol–water partition coefficient (Wildman–Crippen LogP) is 3.15. The number of hydrogen-bond acceptors (Lipinski definition) is 6. The third-order valence-electron chi connectivity index (χ3n) is 4.12. The van der Waals surface area contributed by atoms with Crippen molar-refractivity contribution in [1.82, 2.24) is 30.0 Å². The van der Waals surface area contributed by atoms with Gasteiger partial charge in [0.1, 0.15) is 3.70 Å². The topological polar surface area (TPSA) is 105 Å². The molecule has 28 heavy (non-hydrogen) atoms. The molecule has 0 saturated carbocycles. The van der Waals surface area contributed by atoms with Gasteiger partial charge in [0.2, 0.25) is 5.82 Å². The Morgan fingerprint density at radius 2 is 1.71 bits per heavy atom. The Kier molecular flexibility index (Phi) is 5.10. The summed E-state index contributed by atoms with van der Waals surface area (Å²) < 4.78 is 2.82. The van der Waals surface area contributed by atoms with Gasteiger partial charge in [-0.05, 0) is 38.9 Å². The van der Waals surface area contributed by atoms with E-state index in [4.69, 9.17) is 0 Å². The molecule has 0 radical (unpaired) electrons. The van der Waals surface area contributed by atoms with Gasteiger partial charge in [0.25, 0.3) is 5.69 Å². The van der Waals surface area contributed by atoms with Crippen LogP contribution in [0.15, 0.2) is 60.8 Å². The fourth-order valence-electron chi connectivity index (χ4n) is 2.69. The third-order valence-corrected chi connectivity index (χ3v) is 5.25. The molecule has 0 aliphatic heterocycles. The van der Waals surface area contributed by atoms with Crippen LogP contribution in [0.25, 0.3) is 11.4 Å². The van der Waals surface area contributed by atoms with Crippen molar-refractivity contribution in [3.05, 3.63) is 85.7 Å². The molecule has 2 aromatic heterocycles. The van der Waals surface area contributed by atoms with E-state index in [1.54, 1.807) is 18.3 Å². The highest BCUT2D eigenvalue weighted by atomic mass is 127. The van der Waals surface area contributed by atoms with Gasteiger partial charge in [0, 0.05) is 12.1 Å². The molecule has 0 bridgehead atoms. The standard InChI is InChI=1S/C18H14IN7O2/c19-17-16(10-20-24(17)11-13-4-2-1-3-5-13)18-21-23-25(22-18)12-14-6-8-15(9-7-14)26(27)28/h1-10H,11-12H2. The number of rotatable bonds is 6. The van der Waals surface area contributed by atoms with Crippen molar-refractivity contribution in [2.24, 2.45) is 0 Å². The molecule has 4 aromatic rings. The lowest BCUT2D eigenvalue weighted by atomic mass is 10.2. The van der Waals surface area contributed by atoms with E-state index in [0.29, 0.717) is 18.9 Å². The lowest BCUT2D eigenvalue weighted by Gasteiger charge is -2.03. The van der Waals surface area contributed by atoms with Gasteiger partial charge in [0.15, 0.2) is 0 Å². The zero-order chi connectivity index (χ0) is 19.5. The van der Waals surface area contributed by atoms with E-state index in [1.165, 1.54) is 16.9 Å². The Labute approximate surface area is 173 Å². The lowest BCUT2D eigenvalue weighted by molar-refractivity contribution is -0.384. The van der Waals surface area contributed by atoms with Gasteiger partial charge in [-0.3, -0.25) is 14.8 Å². The van der Waals surface area contributed by atoms with Crippen LogP contribution < -0.4 is 0 Å². The summed E-state index contributed by atoms with van der Waals surface area (Å²) in [7, 11) is 0. The van der Waals surface area contributed by atoms with E-state index < -0.39 is 4.92 Å². The second-order valence-corrected chi connectivity index (χ2v) is 7.08. The molecule has 0 atom stereocenters. The van der Waals surface area contributed by atoms with E-state index >= 15 is 0 Å². The zero-order valence-corrected chi connectivity index (χ0v) is 16.7. The van der Waals surface area contributed by atoms with Crippen LogP contribution in [0.2, 0.25) is 0 Å². The number of non-ortho nitro benzene ring substituents is 1. The van der Waals surface area contributed by atoms with Crippen molar-refractivity contribution >= 4 is 28.3 Å². The second kappa shape index (κ2) is 7.84. The second-order valence-electron chi connectivity index (χ2n) is 6.06. The van der Waals surface area contributed by atoms with Gasteiger partial charge in [0.05, 0.1) is 29.8 Å². The van der Waals surface area contributed by atoms with Crippen LogP contribution in [-0.4, -0.2) is 34.9 Å². The summed E-state index contributed by atoms with van der Waals surface area (Å²) in [6, 6.07) is 16.4. The number of tetrazole rings is 1. The number of nitrogens with zero attached hydrogens (tertiary/aromatic N) is 7. The van der Waals surface area contributed by atoms with Gasteiger partial charge >= 0.3 is 0 Å². The van der Waals surface area contributed by atoms with Crippen LogP contribution in [0.5, 0.6) is 0 Å². The first-order valence-electron chi connectivity index (χ1n) is 8.37. The molecule has 4 rings (SSSR count). The Bertz CT molecular complexity index is 1110. The summed E-state index contributed by atoms with van der Waals surface area (Å²) in [6.07, 6.45) is 1.73. The van der Waals surface area contributed by atoms with E-state index in [2.05, 4.69) is 55.2 Å². The maximum atomic E-state index is 10.7. The summed E-state index contributed by atoms with van der Waals surface area (Å²) >= 11 is 2.23. The summed E-state index contributed by atoms with van der Waals surface area (Å²) in [6.45, 7) is 1.04. The Morgan fingerprint density at radius 3 is 2.43 bits per heavy atom. The van der Waals surface area contributed by atoms with E-state index in [9.17, 15) is 10.1 Å². The molecule has 140 valence electrons. The molecule has 0 aliphatic rings. The molecule has 2 aromatic carbocycles. The normalized spacial score (nSPS) is 10.9. The number of aromatic nitrogens is 6. The highest BCUT2D eigenvalue weighted by Gasteiger charge is 2.15. The first kappa shape index (κ1) is 18.2. The molecule has 2 heterocycles. The summed E-state index contributed by atoms with van der Waals surface area (Å²) in [5.41, 5.74) is 2.87. The monoisotopic (exact) mass is 487 g/mol. The van der Waals surface area contributed by atoms with Gasteiger partial charge in [-0.25, -0.2) is 0 Å². The molecule has 0 N–H and O–H groups in total. The number of benzene rings is 2. The number of nitro groups is 1. The SMILES string of the molecule is O=[N+]([O-])c1ccc(Cn2nnc(-c3cnn(Cc4ccccc4)c3I)n2)cc1. The van der Waals surface area contributed by atoms with Crippen LogP contribution >= 0.6 is 22.6 Å². The largest absolute Gasteiger partial charge is 0.269 e. The number of hydrogen-bond donors (Lipinski definition) is 0. The fraction of sp³-hybridized carbons (Fsp3) is 0.111. The number of nitro benzene ring substituents is 1. The summed E-state index contributed by atoms with van der Waals surface area (Å²) in [5.74, 6) is 0.491. The van der Waals surface area contributed by atoms with E-state index in [1.807, 2.05) is 22.9 Å². The van der Waals surface area contributed by atoms with Crippen molar-refractivity contribution in [3.8, 4) is 11.4 Å². The van der Waals surface area contributed by atoms with Crippen molar-refractivity contribution in [2.45, 2.75) is 13.1 Å². The zero-order valence-electron chi connectivity index (χ0n) is 14.5. The Morgan fingerprint density at radius 1 is 1.00 bits per heavy atom. The van der Waals surface area contributed by atoms with Crippen molar-refractivity contribution < 1.29 is 4.92 Å². The minimum atomic E-state index is -0.426. The maximum Gasteiger partial charge on any atom is 0.269 e. The highest BCUT2D eigenvalue weighted by molar-refractivity contribution is 14.1. The van der Waals surface area contributed by atoms with Crippen LogP contribution in [0, 0.1) is 13.8 Å². The average molecular weight is 487 g/mol. The van der Waals surface area contributed by atoms with E-state index in [0.717, 1.165) is 20.4 Å². The average Bonchev–Trinajstić information content (AvgIpc) is 3.30. The fourth-order valence-corrected chi connectivity index (χ4v) is 3.37. The molecule has 10 heteroatoms. The molecule has 0 aliphatic carbocycles. The molecule has 0 spiro atoms. The minimum absolute atomic E-state index is 0.0522. The van der Waals surface area contributed by atoms with Crippen LogP contribution in [0.4, 0.5) is 5.69 Å². The molecule has 9 nitrogen and oxygen atoms in total. The third kappa shape index (κ3) is 3.91. The molecular formula is C18H14IN7O2. The van der Waals surface area contributed by atoms with E-state index in [-0.39, 0.29) is 5.69 Å². The van der Waals surface area contributed by atoms with Crippen molar-refractivity contribution in [1.29, 1.82) is 0 Å². The van der Waals surface area contributed by atoms with Crippen LogP contribution in [0.3, 0.4) is 0 Å². The smallest absolute Gasteiger partial charge is 0.258 e. The minimum Gasteiger partial charge on any atom is -0.258 e. The molecule has 0 fully saturated rings. The molecule has 0 unspecified atom stereocenters. The summed E-state index contributed by atoms with van der Waals surface area (Å²) in [5, 5.41) is 27.8. The van der Waals surface area contributed by atoms with Gasteiger partial charge in [-0.2, -0.15) is 9.90 Å². The van der Waals surface area contributed by atoms with Gasteiger partial charge in [-0.15, -0.1) is 10.2 Å². The maximum absolute atomic E-state index is 10.7. The first-order chi connectivity index (χ1) is 13.6. The van der Waals surface area contributed by atoms with Crippen molar-refractivity contribution in [3.63, 3.8) is 0 Å². The van der Waals surface area contributed by atoms with Crippen LogP contribution in [0.1, 0.15) is 11.1 Å². The van der Waals surface area contributed by atoms with Gasteiger partial charge in [-0.1, -0.05) is 42.5 Å². The van der Waals surface area contributed by atoms with Gasteiger partial charge < -0.3 is 0 Å². The number of halogens is 1. The Balaban J connectivity index is 1.50. The van der Waals surface area contributed by atoms with Crippen molar-refractivity contribution in [2.75, 3.05) is 0 Å². The molecule has 0 saturated heterocycles. The predicted molar refractivity (Wildman–Crippen MR) is 109 cm³/mol. The van der Waals surface area contributed by atoms with Crippen LogP contribution in [-0.2, 0) is 13.1 Å². The quantitative estimate of drug-likeness (QED) is 0.235. The first-order valence-corrected chi connectivity index (χ1v) is 9.45. The molecular weight excluding hydrogens is 473 g/mol. The highest BCUT2D eigenvalue weighted by Crippen LogP contribution is 2.22. The molecule has 0 amide bonds. The lowest BCUT2D eigenvalue weighted by Crippen LogP contribution is -2.04. The Hall–Kier alpha value is -3.15. The summed E-state index contributed by atoms with van der Waals surface area (Å²) in [4.78, 5) is 11.8.